The van der Waals surface area contributed by atoms with Crippen LogP contribution in [-0.2, 0) is 6.54 Å². The Labute approximate surface area is 109 Å². The molecule has 0 atom stereocenters. The van der Waals surface area contributed by atoms with Gasteiger partial charge in [-0.3, -0.25) is 15.1 Å². The second-order valence-electron chi connectivity index (χ2n) is 4.11. The lowest BCUT2D eigenvalue weighted by Crippen LogP contribution is -2.08. The molecule has 0 unspecified atom stereocenters. The van der Waals surface area contributed by atoms with Crippen LogP contribution in [0.25, 0.3) is 0 Å². The monoisotopic (exact) mass is 257 g/mol. The molecule has 0 spiro atoms. The molecule has 0 saturated carbocycles. The fourth-order valence-electron chi connectivity index (χ4n) is 1.92. The van der Waals surface area contributed by atoms with Crippen LogP contribution < -0.4 is 0 Å². The number of hydrogen-bond donors (Lipinski definition) is 0. The largest absolute Gasteiger partial charge is 0.317 e. The van der Waals surface area contributed by atoms with Crippen molar-refractivity contribution in [2.75, 3.05) is 0 Å². The fraction of sp³-hybridized carbons (Fsp3) is 0.250. The quantitative estimate of drug-likeness (QED) is 0.616. The Morgan fingerprint density at radius 1 is 1.47 bits per heavy atom. The van der Waals surface area contributed by atoms with Gasteiger partial charge in [-0.25, -0.2) is 4.98 Å². The minimum absolute atomic E-state index is 0.0728. The first-order valence-electron chi connectivity index (χ1n) is 5.55. The van der Waals surface area contributed by atoms with Gasteiger partial charge in [-0.2, -0.15) is 5.26 Å². The molecule has 0 aromatic carbocycles. The smallest absolute Gasteiger partial charge is 0.278 e. The third-order valence-electron chi connectivity index (χ3n) is 2.89. The number of imidazole rings is 1. The highest BCUT2D eigenvalue weighted by Crippen LogP contribution is 2.24. The highest BCUT2D eigenvalue weighted by atomic mass is 16.6. The molecule has 0 aliphatic rings. The molecule has 0 N–H and O–H groups in total. The van der Waals surface area contributed by atoms with E-state index in [-0.39, 0.29) is 18.1 Å². The van der Waals surface area contributed by atoms with E-state index in [0.29, 0.717) is 16.8 Å². The third kappa shape index (κ3) is 2.28. The molecule has 0 amide bonds. The molecule has 7 nitrogen and oxygen atoms in total. The summed E-state index contributed by atoms with van der Waals surface area (Å²) in [5.74, 6) is 0.254. The van der Waals surface area contributed by atoms with Gasteiger partial charge in [0, 0.05) is 24.2 Å². The lowest BCUT2D eigenvalue weighted by Gasteiger charge is -2.08. The Morgan fingerprint density at radius 3 is 2.84 bits per heavy atom. The zero-order valence-corrected chi connectivity index (χ0v) is 10.5. The maximum Gasteiger partial charge on any atom is 0.278 e. The predicted molar refractivity (Wildman–Crippen MR) is 66.4 cm³/mol. The van der Waals surface area contributed by atoms with Crippen LogP contribution in [0.2, 0.25) is 0 Å². The first-order valence-corrected chi connectivity index (χ1v) is 5.55. The number of rotatable bonds is 3. The predicted octanol–water partition coefficient (Wildman–Crippen LogP) is 1.72. The van der Waals surface area contributed by atoms with Crippen molar-refractivity contribution in [3.63, 3.8) is 0 Å². The van der Waals surface area contributed by atoms with E-state index in [1.807, 2.05) is 6.07 Å². The molecule has 2 aromatic rings. The summed E-state index contributed by atoms with van der Waals surface area (Å²) in [4.78, 5) is 18.7. The van der Waals surface area contributed by atoms with E-state index in [0.717, 1.165) is 0 Å². The van der Waals surface area contributed by atoms with Gasteiger partial charge >= 0.3 is 0 Å². The molecule has 0 bridgehead atoms. The van der Waals surface area contributed by atoms with Gasteiger partial charge < -0.3 is 4.57 Å². The van der Waals surface area contributed by atoms with Crippen LogP contribution in [0.4, 0.5) is 5.69 Å². The summed E-state index contributed by atoms with van der Waals surface area (Å²) in [6.07, 6.45) is 4.63. The van der Waals surface area contributed by atoms with Crippen molar-refractivity contribution < 1.29 is 4.92 Å². The Hall–Kier alpha value is -2.75. The van der Waals surface area contributed by atoms with E-state index < -0.39 is 4.92 Å². The Morgan fingerprint density at radius 2 is 2.21 bits per heavy atom. The van der Waals surface area contributed by atoms with Crippen molar-refractivity contribution in [3.05, 3.63) is 51.4 Å². The minimum atomic E-state index is -0.408. The minimum Gasteiger partial charge on any atom is -0.317 e. The van der Waals surface area contributed by atoms with Crippen molar-refractivity contribution in [1.82, 2.24) is 14.5 Å². The highest BCUT2D eigenvalue weighted by Gasteiger charge is 2.19. The number of nitro groups is 1. The maximum absolute atomic E-state index is 11.0. The zero-order valence-electron chi connectivity index (χ0n) is 10.5. The van der Waals surface area contributed by atoms with E-state index in [2.05, 4.69) is 9.97 Å². The standard InChI is InChI=1S/C12H11N5O2/c1-8-6-15-10(9(2)12(8)17(18)19)7-16-4-3-14-11(16)5-13/h3-4,6H,7H2,1-2H3. The van der Waals surface area contributed by atoms with E-state index in [1.54, 1.807) is 24.6 Å². The van der Waals surface area contributed by atoms with Gasteiger partial charge in [-0.05, 0) is 13.8 Å². The molecule has 0 radical (unpaired) electrons. The molecule has 96 valence electrons. The molecule has 19 heavy (non-hydrogen) atoms. The molecule has 0 fully saturated rings. The highest BCUT2D eigenvalue weighted by molar-refractivity contribution is 5.47. The summed E-state index contributed by atoms with van der Waals surface area (Å²) in [5.41, 5.74) is 1.68. The molecular formula is C12H11N5O2. The first kappa shape index (κ1) is 12.7. The average Bonchev–Trinajstić information content (AvgIpc) is 2.79. The van der Waals surface area contributed by atoms with Gasteiger partial charge in [0.2, 0.25) is 5.82 Å². The molecule has 0 aliphatic carbocycles. The molecule has 0 saturated heterocycles. The van der Waals surface area contributed by atoms with E-state index in [9.17, 15) is 10.1 Å². The van der Waals surface area contributed by atoms with E-state index in [1.165, 1.54) is 12.4 Å². The summed E-state index contributed by atoms with van der Waals surface area (Å²) in [6.45, 7) is 3.60. The van der Waals surface area contributed by atoms with Gasteiger partial charge in [0.05, 0.1) is 22.7 Å². The van der Waals surface area contributed by atoms with E-state index >= 15 is 0 Å². The second-order valence-corrected chi connectivity index (χ2v) is 4.11. The van der Waals surface area contributed by atoms with Crippen LogP contribution in [0.3, 0.4) is 0 Å². The summed E-state index contributed by atoms with van der Waals surface area (Å²) in [7, 11) is 0. The summed E-state index contributed by atoms with van der Waals surface area (Å²) in [6, 6.07) is 1.95. The van der Waals surface area contributed by atoms with Gasteiger partial charge in [-0.1, -0.05) is 0 Å². The normalized spacial score (nSPS) is 10.2. The molecule has 2 heterocycles. The molecule has 2 rings (SSSR count). The van der Waals surface area contributed by atoms with E-state index in [4.69, 9.17) is 5.26 Å². The van der Waals surface area contributed by atoms with Crippen LogP contribution >= 0.6 is 0 Å². The summed E-state index contributed by atoms with van der Waals surface area (Å²) in [5, 5.41) is 19.9. The topological polar surface area (TPSA) is 97.6 Å². The molecule has 7 heteroatoms. The third-order valence-corrected chi connectivity index (χ3v) is 2.89. The Balaban J connectivity index is 2.45. The molecule has 0 aliphatic heterocycles. The van der Waals surface area contributed by atoms with Gasteiger partial charge in [0.25, 0.3) is 5.69 Å². The number of nitriles is 1. The average molecular weight is 257 g/mol. The van der Waals surface area contributed by atoms with Crippen LogP contribution in [0.5, 0.6) is 0 Å². The lowest BCUT2D eigenvalue weighted by molar-refractivity contribution is -0.386. The Kier molecular flexibility index (Phi) is 3.25. The van der Waals surface area contributed by atoms with Crippen molar-refractivity contribution in [1.29, 1.82) is 5.26 Å². The molecular weight excluding hydrogens is 246 g/mol. The van der Waals surface area contributed by atoms with Crippen molar-refractivity contribution in [3.8, 4) is 6.07 Å². The fourth-order valence-corrected chi connectivity index (χ4v) is 1.92. The lowest BCUT2D eigenvalue weighted by atomic mass is 10.1. The van der Waals surface area contributed by atoms with Crippen molar-refractivity contribution >= 4 is 5.69 Å². The number of aromatic nitrogens is 3. The van der Waals surface area contributed by atoms with Crippen molar-refractivity contribution in [2.45, 2.75) is 20.4 Å². The summed E-state index contributed by atoms with van der Waals surface area (Å²) < 4.78 is 1.61. The van der Waals surface area contributed by atoms with Crippen LogP contribution in [-0.4, -0.2) is 19.5 Å². The number of aryl methyl sites for hydroxylation is 1. The maximum atomic E-state index is 11.0. The van der Waals surface area contributed by atoms with Crippen LogP contribution in [0, 0.1) is 35.3 Å². The van der Waals surface area contributed by atoms with Crippen molar-refractivity contribution in [2.24, 2.45) is 0 Å². The van der Waals surface area contributed by atoms with Gasteiger partial charge in [-0.15, -0.1) is 0 Å². The van der Waals surface area contributed by atoms with Gasteiger partial charge in [0.1, 0.15) is 6.07 Å². The summed E-state index contributed by atoms with van der Waals surface area (Å²) >= 11 is 0. The number of pyridine rings is 1. The van der Waals surface area contributed by atoms with Crippen LogP contribution in [0.1, 0.15) is 22.6 Å². The zero-order chi connectivity index (χ0) is 14.0. The second kappa shape index (κ2) is 4.86. The molecule has 2 aromatic heterocycles. The number of nitrogens with zero attached hydrogens (tertiary/aromatic N) is 5. The van der Waals surface area contributed by atoms with Gasteiger partial charge in [0.15, 0.2) is 0 Å². The first-order chi connectivity index (χ1) is 9.04. The number of hydrogen-bond acceptors (Lipinski definition) is 5. The van der Waals surface area contributed by atoms with Crippen LogP contribution in [0.15, 0.2) is 18.6 Å². The SMILES string of the molecule is Cc1cnc(Cn2ccnc2C#N)c(C)c1[N+](=O)[O-]. The Bertz CT molecular complexity index is 684.